The van der Waals surface area contributed by atoms with Gasteiger partial charge in [-0.05, 0) is 35.2 Å². The van der Waals surface area contributed by atoms with Gasteiger partial charge in [0.05, 0.1) is 10.6 Å². The van der Waals surface area contributed by atoms with Crippen LogP contribution < -0.4 is 5.32 Å². The van der Waals surface area contributed by atoms with Crippen molar-refractivity contribution in [2.24, 2.45) is 0 Å². The number of halogens is 1. The van der Waals surface area contributed by atoms with Crippen LogP contribution >= 0.6 is 15.9 Å². The topological polar surface area (TPSA) is 51.5 Å². The molecule has 16 heavy (non-hydrogen) atoms. The van der Waals surface area contributed by atoms with Crippen molar-refractivity contribution < 1.29 is 13.9 Å². The van der Waals surface area contributed by atoms with Gasteiger partial charge in [0.25, 0.3) is 5.91 Å². The highest BCUT2D eigenvalue weighted by molar-refractivity contribution is 9.10. The first-order chi connectivity index (χ1) is 7.75. The van der Waals surface area contributed by atoms with Gasteiger partial charge in [-0.25, -0.2) is 0 Å². The summed E-state index contributed by atoms with van der Waals surface area (Å²) in [7, 11) is 0. The van der Waals surface area contributed by atoms with Crippen LogP contribution in [-0.4, -0.2) is 25.2 Å². The molecule has 1 aromatic heterocycles. The molecule has 1 N–H and O–H groups in total. The molecule has 1 unspecified atom stereocenters. The van der Waals surface area contributed by atoms with E-state index in [2.05, 4.69) is 21.2 Å². The SMILES string of the molecule is O=C(NCC1CCCCO1)c1cc(Br)co1. The minimum Gasteiger partial charge on any atom is -0.458 e. The average molecular weight is 288 g/mol. The van der Waals surface area contributed by atoms with Crippen LogP contribution in [0.4, 0.5) is 0 Å². The minimum atomic E-state index is -0.195. The van der Waals surface area contributed by atoms with Gasteiger partial charge in [-0.1, -0.05) is 0 Å². The minimum absolute atomic E-state index is 0.149. The average Bonchev–Trinajstić information content (AvgIpc) is 2.74. The van der Waals surface area contributed by atoms with E-state index >= 15 is 0 Å². The molecule has 2 heterocycles. The van der Waals surface area contributed by atoms with E-state index in [4.69, 9.17) is 9.15 Å². The van der Waals surface area contributed by atoms with E-state index in [9.17, 15) is 4.79 Å². The predicted octanol–water partition coefficient (Wildman–Crippen LogP) is 2.34. The molecule has 0 aromatic carbocycles. The molecular weight excluding hydrogens is 274 g/mol. The Morgan fingerprint density at radius 1 is 1.56 bits per heavy atom. The molecule has 1 aliphatic rings. The summed E-state index contributed by atoms with van der Waals surface area (Å²) >= 11 is 3.23. The first-order valence-corrected chi connectivity index (χ1v) is 6.19. The Kier molecular flexibility index (Phi) is 4.01. The third-order valence-corrected chi connectivity index (χ3v) is 2.97. The quantitative estimate of drug-likeness (QED) is 0.928. The van der Waals surface area contributed by atoms with E-state index in [0.717, 1.165) is 23.9 Å². The molecule has 1 aliphatic heterocycles. The molecule has 1 fully saturated rings. The normalized spacial score (nSPS) is 20.7. The van der Waals surface area contributed by atoms with Crippen molar-refractivity contribution in [2.75, 3.05) is 13.2 Å². The fourth-order valence-electron chi connectivity index (χ4n) is 1.69. The lowest BCUT2D eigenvalue weighted by Crippen LogP contribution is -2.35. The summed E-state index contributed by atoms with van der Waals surface area (Å²) in [5, 5.41) is 2.80. The molecule has 4 nitrogen and oxygen atoms in total. The van der Waals surface area contributed by atoms with Gasteiger partial charge in [0.1, 0.15) is 6.26 Å². The number of carbonyl (C=O) groups excluding carboxylic acids is 1. The van der Waals surface area contributed by atoms with Crippen LogP contribution in [0.25, 0.3) is 0 Å². The molecule has 2 rings (SSSR count). The summed E-state index contributed by atoms with van der Waals surface area (Å²) in [6.07, 6.45) is 4.95. The van der Waals surface area contributed by atoms with Crippen molar-refractivity contribution in [2.45, 2.75) is 25.4 Å². The Balaban J connectivity index is 1.79. The second-order valence-electron chi connectivity index (χ2n) is 3.83. The molecular formula is C11H14BrNO3. The zero-order valence-electron chi connectivity index (χ0n) is 8.87. The van der Waals surface area contributed by atoms with Crippen LogP contribution in [-0.2, 0) is 4.74 Å². The predicted molar refractivity (Wildman–Crippen MR) is 62.3 cm³/mol. The Hall–Kier alpha value is -0.810. The zero-order chi connectivity index (χ0) is 11.4. The van der Waals surface area contributed by atoms with Gasteiger partial charge in [0.2, 0.25) is 0 Å². The number of rotatable bonds is 3. The van der Waals surface area contributed by atoms with Crippen molar-refractivity contribution in [3.05, 3.63) is 22.6 Å². The van der Waals surface area contributed by atoms with E-state index in [1.807, 2.05) is 0 Å². The molecule has 1 saturated heterocycles. The van der Waals surface area contributed by atoms with Gasteiger partial charge in [0, 0.05) is 19.2 Å². The first kappa shape index (κ1) is 11.7. The van der Waals surface area contributed by atoms with Gasteiger partial charge in [-0.3, -0.25) is 4.79 Å². The maximum Gasteiger partial charge on any atom is 0.287 e. The van der Waals surface area contributed by atoms with Crippen molar-refractivity contribution in [3.63, 3.8) is 0 Å². The smallest absolute Gasteiger partial charge is 0.287 e. The highest BCUT2D eigenvalue weighted by atomic mass is 79.9. The lowest BCUT2D eigenvalue weighted by Gasteiger charge is -2.22. The highest BCUT2D eigenvalue weighted by Crippen LogP contribution is 2.14. The van der Waals surface area contributed by atoms with Gasteiger partial charge in [-0.2, -0.15) is 0 Å². The van der Waals surface area contributed by atoms with Crippen LogP contribution in [0.2, 0.25) is 0 Å². The molecule has 1 atom stereocenters. The van der Waals surface area contributed by atoms with Crippen molar-refractivity contribution in [3.8, 4) is 0 Å². The Labute approximate surface area is 102 Å². The summed E-state index contributed by atoms with van der Waals surface area (Å²) < 4.78 is 11.4. The van der Waals surface area contributed by atoms with Gasteiger partial charge in [0.15, 0.2) is 5.76 Å². The van der Waals surface area contributed by atoms with E-state index in [1.54, 1.807) is 6.07 Å². The Morgan fingerprint density at radius 3 is 3.06 bits per heavy atom. The number of hydrogen-bond donors (Lipinski definition) is 1. The van der Waals surface area contributed by atoms with E-state index in [0.29, 0.717) is 12.3 Å². The second kappa shape index (κ2) is 5.50. The van der Waals surface area contributed by atoms with Crippen LogP contribution in [0.15, 0.2) is 21.2 Å². The number of hydrogen-bond acceptors (Lipinski definition) is 3. The number of amides is 1. The second-order valence-corrected chi connectivity index (χ2v) is 4.74. The standard InChI is InChI=1S/C11H14BrNO3/c12-8-5-10(16-7-8)11(14)13-6-9-3-1-2-4-15-9/h5,7,9H,1-4,6H2,(H,13,14). The molecule has 0 aliphatic carbocycles. The maximum atomic E-state index is 11.6. The molecule has 88 valence electrons. The molecule has 0 radical (unpaired) electrons. The maximum absolute atomic E-state index is 11.6. The summed E-state index contributed by atoms with van der Waals surface area (Å²) in [5.74, 6) is 0.127. The van der Waals surface area contributed by atoms with Crippen molar-refractivity contribution in [1.82, 2.24) is 5.32 Å². The lowest BCUT2D eigenvalue weighted by molar-refractivity contribution is 0.0167. The zero-order valence-corrected chi connectivity index (χ0v) is 10.5. The van der Waals surface area contributed by atoms with Crippen molar-refractivity contribution >= 4 is 21.8 Å². The van der Waals surface area contributed by atoms with E-state index < -0.39 is 0 Å². The fourth-order valence-corrected chi connectivity index (χ4v) is 2.00. The summed E-state index contributed by atoms with van der Waals surface area (Å²) in [4.78, 5) is 11.6. The van der Waals surface area contributed by atoms with Crippen LogP contribution in [0.1, 0.15) is 29.8 Å². The summed E-state index contributed by atoms with van der Waals surface area (Å²) in [6, 6.07) is 1.65. The summed E-state index contributed by atoms with van der Waals surface area (Å²) in [6.45, 7) is 1.35. The third-order valence-electron chi connectivity index (χ3n) is 2.56. The lowest BCUT2D eigenvalue weighted by atomic mass is 10.1. The summed E-state index contributed by atoms with van der Waals surface area (Å²) in [5.41, 5.74) is 0. The number of furan rings is 1. The van der Waals surface area contributed by atoms with Gasteiger partial charge < -0.3 is 14.5 Å². The Morgan fingerprint density at radius 2 is 2.44 bits per heavy atom. The highest BCUT2D eigenvalue weighted by Gasteiger charge is 2.16. The molecule has 0 bridgehead atoms. The van der Waals surface area contributed by atoms with E-state index in [1.165, 1.54) is 12.7 Å². The molecule has 1 amide bonds. The third kappa shape index (κ3) is 3.09. The largest absolute Gasteiger partial charge is 0.458 e. The first-order valence-electron chi connectivity index (χ1n) is 5.39. The Bertz CT molecular complexity index is 358. The van der Waals surface area contributed by atoms with Crippen molar-refractivity contribution in [1.29, 1.82) is 0 Å². The van der Waals surface area contributed by atoms with Gasteiger partial charge in [-0.15, -0.1) is 0 Å². The van der Waals surface area contributed by atoms with Crippen LogP contribution in [0.3, 0.4) is 0 Å². The van der Waals surface area contributed by atoms with Crippen LogP contribution in [0, 0.1) is 0 Å². The van der Waals surface area contributed by atoms with Crippen LogP contribution in [0.5, 0.6) is 0 Å². The van der Waals surface area contributed by atoms with Gasteiger partial charge >= 0.3 is 0 Å². The van der Waals surface area contributed by atoms with E-state index in [-0.39, 0.29) is 12.0 Å². The molecule has 0 saturated carbocycles. The number of nitrogens with one attached hydrogen (secondary N) is 1. The molecule has 5 heteroatoms. The monoisotopic (exact) mass is 287 g/mol. The molecule has 1 aromatic rings. The number of ether oxygens (including phenoxy) is 1. The fraction of sp³-hybridized carbons (Fsp3) is 0.545. The molecule has 0 spiro atoms. The number of carbonyl (C=O) groups is 1.